The molecule has 0 bridgehead atoms. The van der Waals surface area contributed by atoms with E-state index in [1.807, 2.05) is 20.2 Å². The molecule has 1 aromatic carbocycles. The van der Waals surface area contributed by atoms with Crippen LogP contribution in [0.5, 0.6) is 5.75 Å². The Hall–Kier alpha value is -2.80. The van der Waals surface area contributed by atoms with E-state index in [4.69, 9.17) is 4.74 Å². The molecule has 0 saturated heterocycles. The zero-order valence-corrected chi connectivity index (χ0v) is 16.8. The van der Waals surface area contributed by atoms with Crippen molar-refractivity contribution in [3.63, 3.8) is 0 Å². The van der Waals surface area contributed by atoms with Gasteiger partial charge in [-0.1, -0.05) is 6.07 Å². The molecule has 0 N–H and O–H groups in total. The SMILES string of the molecule is CN(C)CCCOc1cccnc1N1N=C2c3cc(F)ccc3CCC2CC1=O. The first-order valence-electron chi connectivity index (χ1n) is 9.95. The van der Waals surface area contributed by atoms with Crippen molar-refractivity contribution < 1.29 is 13.9 Å². The molecule has 1 aliphatic heterocycles. The largest absolute Gasteiger partial charge is 0.490 e. The van der Waals surface area contributed by atoms with Crippen LogP contribution in [-0.2, 0) is 11.2 Å². The summed E-state index contributed by atoms with van der Waals surface area (Å²) >= 11 is 0. The molecule has 152 valence electrons. The normalized spacial score (nSPS) is 18.3. The zero-order valence-electron chi connectivity index (χ0n) is 16.8. The first-order chi connectivity index (χ1) is 14.0. The van der Waals surface area contributed by atoms with Gasteiger partial charge in [0, 0.05) is 30.6 Å². The molecule has 2 aliphatic rings. The second-order valence-electron chi connectivity index (χ2n) is 7.76. The summed E-state index contributed by atoms with van der Waals surface area (Å²) in [5, 5.41) is 5.96. The lowest BCUT2D eigenvalue weighted by molar-refractivity contribution is -0.119. The number of aryl methyl sites for hydroxylation is 1. The van der Waals surface area contributed by atoms with Crippen LogP contribution in [0.4, 0.5) is 10.2 Å². The van der Waals surface area contributed by atoms with Crippen LogP contribution >= 0.6 is 0 Å². The molecule has 0 saturated carbocycles. The fraction of sp³-hybridized carbons (Fsp3) is 0.409. The molecule has 1 atom stereocenters. The summed E-state index contributed by atoms with van der Waals surface area (Å²) in [6, 6.07) is 8.38. The highest BCUT2D eigenvalue weighted by Gasteiger charge is 2.36. The molecule has 6 nitrogen and oxygen atoms in total. The number of hydrazone groups is 1. The molecule has 0 spiro atoms. The maximum absolute atomic E-state index is 13.9. The third-order valence-corrected chi connectivity index (χ3v) is 5.32. The number of carbonyl (C=O) groups is 1. The Morgan fingerprint density at radius 3 is 3.00 bits per heavy atom. The number of halogens is 1. The lowest BCUT2D eigenvalue weighted by Gasteiger charge is -2.33. The van der Waals surface area contributed by atoms with Gasteiger partial charge in [-0.2, -0.15) is 10.1 Å². The number of carbonyl (C=O) groups excluding carboxylic acids is 1. The van der Waals surface area contributed by atoms with Crippen molar-refractivity contribution in [2.75, 3.05) is 32.3 Å². The summed E-state index contributed by atoms with van der Waals surface area (Å²) in [5.41, 5.74) is 2.62. The van der Waals surface area contributed by atoms with E-state index >= 15 is 0 Å². The fourth-order valence-electron chi connectivity index (χ4n) is 3.87. The van der Waals surface area contributed by atoms with Crippen LogP contribution in [0, 0.1) is 11.7 Å². The number of aromatic nitrogens is 1. The number of benzene rings is 1. The molecular formula is C22H25FN4O2. The first-order valence-corrected chi connectivity index (χ1v) is 9.95. The average molecular weight is 396 g/mol. The Labute approximate surface area is 170 Å². The molecular weight excluding hydrogens is 371 g/mol. The number of pyridine rings is 1. The van der Waals surface area contributed by atoms with Crippen LogP contribution in [-0.4, -0.2) is 48.7 Å². The van der Waals surface area contributed by atoms with Crippen molar-refractivity contribution in [2.45, 2.75) is 25.7 Å². The lowest BCUT2D eigenvalue weighted by Crippen LogP contribution is -2.40. The average Bonchev–Trinajstić information content (AvgIpc) is 2.71. The van der Waals surface area contributed by atoms with E-state index in [0.29, 0.717) is 24.6 Å². The van der Waals surface area contributed by atoms with Crippen molar-refractivity contribution in [2.24, 2.45) is 11.0 Å². The molecule has 0 fully saturated rings. The predicted octanol–water partition coefficient (Wildman–Crippen LogP) is 3.25. The van der Waals surface area contributed by atoms with Gasteiger partial charge in [0.2, 0.25) is 5.91 Å². The summed E-state index contributed by atoms with van der Waals surface area (Å²) in [6.07, 6.45) is 4.49. The van der Waals surface area contributed by atoms with Gasteiger partial charge in [0.1, 0.15) is 5.82 Å². The molecule has 1 unspecified atom stereocenters. The summed E-state index contributed by atoms with van der Waals surface area (Å²) in [7, 11) is 4.03. The van der Waals surface area contributed by atoms with Crippen molar-refractivity contribution in [3.05, 3.63) is 53.5 Å². The highest BCUT2D eigenvalue weighted by Crippen LogP contribution is 2.35. The number of anilines is 1. The molecule has 4 rings (SSSR count). The van der Waals surface area contributed by atoms with Crippen LogP contribution in [0.1, 0.15) is 30.4 Å². The fourth-order valence-corrected chi connectivity index (χ4v) is 3.87. The molecule has 1 amide bonds. The molecule has 29 heavy (non-hydrogen) atoms. The van der Waals surface area contributed by atoms with Crippen molar-refractivity contribution in [3.8, 4) is 5.75 Å². The van der Waals surface area contributed by atoms with Gasteiger partial charge in [-0.15, -0.1) is 0 Å². The molecule has 0 radical (unpaired) electrons. The Morgan fingerprint density at radius 2 is 2.17 bits per heavy atom. The van der Waals surface area contributed by atoms with Crippen LogP contribution in [0.3, 0.4) is 0 Å². The Balaban J connectivity index is 1.64. The van der Waals surface area contributed by atoms with E-state index in [9.17, 15) is 9.18 Å². The van der Waals surface area contributed by atoms with E-state index in [2.05, 4.69) is 15.0 Å². The summed E-state index contributed by atoms with van der Waals surface area (Å²) in [6.45, 7) is 1.43. The lowest BCUT2D eigenvalue weighted by atomic mass is 9.79. The van der Waals surface area contributed by atoms with E-state index in [0.717, 1.165) is 42.6 Å². The van der Waals surface area contributed by atoms with E-state index in [1.165, 1.54) is 17.1 Å². The monoisotopic (exact) mass is 396 g/mol. The minimum Gasteiger partial charge on any atom is -0.490 e. The standard InChI is InChI=1S/C22H25FN4O2/c1-26(2)11-4-12-29-19-5-3-10-24-22(19)27-20(28)13-16-7-6-15-8-9-17(23)14-18(15)21(16)25-27/h3,5,8-10,14,16H,4,6-7,11-13H2,1-2H3. The predicted molar refractivity (Wildman–Crippen MR) is 110 cm³/mol. The van der Waals surface area contributed by atoms with E-state index < -0.39 is 0 Å². The van der Waals surface area contributed by atoms with Gasteiger partial charge < -0.3 is 9.64 Å². The van der Waals surface area contributed by atoms with Crippen molar-refractivity contribution in [1.29, 1.82) is 0 Å². The van der Waals surface area contributed by atoms with Gasteiger partial charge in [0.25, 0.3) is 0 Å². The van der Waals surface area contributed by atoms with Gasteiger partial charge in [0.15, 0.2) is 11.6 Å². The molecule has 1 aromatic heterocycles. The van der Waals surface area contributed by atoms with Crippen LogP contribution in [0.2, 0.25) is 0 Å². The Morgan fingerprint density at radius 1 is 1.31 bits per heavy atom. The number of nitrogens with zero attached hydrogens (tertiary/aromatic N) is 4. The highest BCUT2D eigenvalue weighted by molar-refractivity contribution is 6.11. The smallest absolute Gasteiger partial charge is 0.249 e. The van der Waals surface area contributed by atoms with Crippen LogP contribution in [0.15, 0.2) is 41.6 Å². The van der Waals surface area contributed by atoms with Gasteiger partial charge in [-0.05, 0) is 63.2 Å². The van der Waals surface area contributed by atoms with Crippen LogP contribution < -0.4 is 9.75 Å². The van der Waals surface area contributed by atoms with Crippen molar-refractivity contribution >= 4 is 17.4 Å². The Bertz CT molecular complexity index is 944. The number of fused-ring (bicyclic) bond motifs is 3. The second kappa shape index (κ2) is 8.29. The van der Waals surface area contributed by atoms with E-state index in [1.54, 1.807) is 18.3 Å². The summed E-state index contributed by atoms with van der Waals surface area (Å²) in [5.74, 6) is 0.518. The first kappa shape index (κ1) is 19.5. The quantitative estimate of drug-likeness (QED) is 0.704. The minimum atomic E-state index is -0.293. The molecule has 1 aliphatic carbocycles. The van der Waals surface area contributed by atoms with Gasteiger partial charge >= 0.3 is 0 Å². The van der Waals surface area contributed by atoms with Crippen molar-refractivity contribution in [1.82, 2.24) is 9.88 Å². The molecule has 2 heterocycles. The maximum atomic E-state index is 13.9. The number of amides is 1. The third-order valence-electron chi connectivity index (χ3n) is 5.32. The number of hydrogen-bond donors (Lipinski definition) is 0. The maximum Gasteiger partial charge on any atom is 0.249 e. The summed E-state index contributed by atoms with van der Waals surface area (Å²) in [4.78, 5) is 19.3. The van der Waals surface area contributed by atoms with Crippen LogP contribution in [0.25, 0.3) is 0 Å². The van der Waals surface area contributed by atoms with Gasteiger partial charge in [-0.3, -0.25) is 4.79 Å². The number of ether oxygens (including phenoxy) is 1. The third kappa shape index (κ3) is 4.15. The number of hydrogen-bond acceptors (Lipinski definition) is 5. The Kier molecular flexibility index (Phi) is 5.58. The number of rotatable bonds is 6. The second-order valence-corrected chi connectivity index (χ2v) is 7.76. The summed E-state index contributed by atoms with van der Waals surface area (Å²) < 4.78 is 19.8. The van der Waals surface area contributed by atoms with Gasteiger partial charge in [-0.25, -0.2) is 9.37 Å². The topological polar surface area (TPSA) is 58.0 Å². The van der Waals surface area contributed by atoms with E-state index in [-0.39, 0.29) is 17.6 Å². The minimum absolute atomic E-state index is 0.0150. The highest BCUT2D eigenvalue weighted by atomic mass is 19.1. The van der Waals surface area contributed by atoms with Gasteiger partial charge in [0.05, 0.1) is 12.3 Å². The zero-order chi connectivity index (χ0) is 20.4. The molecule has 7 heteroatoms. The molecule has 2 aromatic rings.